The van der Waals surface area contributed by atoms with Crippen LogP contribution in [-0.4, -0.2) is 27.4 Å². The first-order valence-electron chi connectivity index (χ1n) is 10.5. The van der Waals surface area contributed by atoms with Crippen LogP contribution < -0.4 is 10.6 Å². The molecule has 0 atom stereocenters. The topological polar surface area (TPSA) is 85.3 Å². The van der Waals surface area contributed by atoms with E-state index in [0.29, 0.717) is 12.3 Å². The molecule has 8 heteroatoms. The molecule has 0 unspecified atom stereocenters. The van der Waals surface area contributed by atoms with Gasteiger partial charge in [0.25, 0.3) is 0 Å². The normalized spacial score (nSPS) is 11.5. The third kappa shape index (κ3) is 7.38. The van der Waals surface area contributed by atoms with Gasteiger partial charge in [-0.1, -0.05) is 13.8 Å². The number of halogens is 1. The Kier molecular flexibility index (Phi) is 7.81. The average Bonchev–Trinajstić information content (AvgIpc) is 2.86. The quantitative estimate of drug-likeness (QED) is 0.629. The Morgan fingerprint density at radius 3 is 2.45 bits per heavy atom. The van der Waals surface area contributed by atoms with Gasteiger partial charge in [-0.15, -0.1) is 0 Å². The molecule has 0 spiro atoms. The van der Waals surface area contributed by atoms with Gasteiger partial charge in [0.05, 0.1) is 17.1 Å². The van der Waals surface area contributed by atoms with Crippen molar-refractivity contribution in [2.45, 2.75) is 73.5 Å². The zero-order chi connectivity index (χ0) is 23.3. The second-order valence-electron chi connectivity index (χ2n) is 9.09. The van der Waals surface area contributed by atoms with E-state index in [-0.39, 0.29) is 23.7 Å². The zero-order valence-electron chi connectivity index (χ0n) is 19.4. The molecule has 2 aromatic rings. The van der Waals surface area contributed by atoms with Crippen LogP contribution in [0.25, 0.3) is 0 Å². The zero-order valence-corrected chi connectivity index (χ0v) is 19.4. The van der Waals surface area contributed by atoms with E-state index in [0.717, 1.165) is 23.5 Å². The number of aryl methyl sites for hydroxylation is 1. The maximum Gasteiger partial charge on any atom is 0.412 e. The fourth-order valence-corrected chi connectivity index (χ4v) is 3.21. The van der Waals surface area contributed by atoms with Crippen LogP contribution >= 0.6 is 0 Å². The van der Waals surface area contributed by atoms with Gasteiger partial charge in [-0.3, -0.25) is 14.8 Å². The summed E-state index contributed by atoms with van der Waals surface area (Å²) in [5, 5.41) is 9.82. The molecule has 1 aromatic carbocycles. The van der Waals surface area contributed by atoms with Crippen molar-refractivity contribution in [3.8, 4) is 0 Å². The van der Waals surface area contributed by atoms with Gasteiger partial charge in [-0.25, -0.2) is 9.18 Å². The summed E-state index contributed by atoms with van der Waals surface area (Å²) in [4.78, 5) is 24.6. The number of ether oxygens (including phenoxy) is 1. The van der Waals surface area contributed by atoms with Gasteiger partial charge in [0.1, 0.15) is 11.4 Å². The van der Waals surface area contributed by atoms with Crippen LogP contribution in [0.4, 0.5) is 20.6 Å². The summed E-state index contributed by atoms with van der Waals surface area (Å²) in [6.07, 6.45) is 0.0434. The summed E-state index contributed by atoms with van der Waals surface area (Å²) in [6.45, 7) is 14.3. The van der Waals surface area contributed by atoms with Gasteiger partial charge in [-0.05, 0) is 70.7 Å². The van der Waals surface area contributed by atoms with Crippen LogP contribution in [0.1, 0.15) is 58.0 Å². The summed E-state index contributed by atoms with van der Waals surface area (Å²) in [5.74, 6) is -0.335. The number of anilines is 2. The standard InChI is InChI=1S/C23H33FN4O3/c1-14(2)13-28-16(4)18(15(3)27-28)9-11-21(29)25-20-12-17(24)8-10-19(20)26-22(30)31-23(5,6)7/h8,10,12,14H,9,11,13H2,1-7H3,(H,25,29)(H,26,30). The summed E-state index contributed by atoms with van der Waals surface area (Å²) >= 11 is 0. The number of nitrogens with one attached hydrogen (secondary N) is 2. The molecule has 0 aliphatic carbocycles. The molecule has 2 amide bonds. The van der Waals surface area contributed by atoms with E-state index in [1.54, 1.807) is 20.8 Å². The molecular weight excluding hydrogens is 399 g/mol. The van der Waals surface area contributed by atoms with E-state index in [9.17, 15) is 14.0 Å². The van der Waals surface area contributed by atoms with Gasteiger partial charge in [0.15, 0.2) is 0 Å². The molecule has 7 nitrogen and oxygen atoms in total. The SMILES string of the molecule is Cc1nn(CC(C)C)c(C)c1CCC(=O)Nc1cc(F)ccc1NC(=O)OC(C)(C)C. The molecule has 1 aromatic heterocycles. The van der Waals surface area contributed by atoms with Crippen molar-refractivity contribution in [3.63, 3.8) is 0 Å². The Balaban J connectivity index is 2.07. The minimum atomic E-state index is -0.682. The highest BCUT2D eigenvalue weighted by Crippen LogP contribution is 2.24. The van der Waals surface area contributed by atoms with Crippen LogP contribution in [0.15, 0.2) is 18.2 Å². The molecule has 0 aliphatic rings. The Bertz CT molecular complexity index is 945. The molecule has 0 fully saturated rings. The summed E-state index contributed by atoms with van der Waals surface area (Å²) in [6, 6.07) is 3.76. The highest BCUT2D eigenvalue weighted by Gasteiger charge is 2.19. The number of hydrogen-bond acceptors (Lipinski definition) is 4. The highest BCUT2D eigenvalue weighted by molar-refractivity contribution is 5.97. The Morgan fingerprint density at radius 2 is 1.84 bits per heavy atom. The minimum Gasteiger partial charge on any atom is -0.444 e. The number of amides is 2. The molecule has 170 valence electrons. The van der Waals surface area contributed by atoms with E-state index in [2.05, 4.69) is 29.6 Å². The Hall–Kier alpha value is -2.90. The smallest absolute Gasteiger partial charge is 0.412 e. The number of aromatic nitrogens is 2. The molecule has 0 saturated carbocycles. The third-order valence-electron chi connectivity index (χ3n) is 4.56. The van der Waals surface area contributed by atoms with Gasteiger partial charge >= 0.3 is 6.09 Å². The number of nitrogens with zero attached hydrogens (tertiary/aromatic N) is 2. The monoisotopic (exact) mass is 432 g/mol. The van der Waals surface area contributed by atoms with Gasteiger partial charge < -0.3 is 10.1 Å². The number of benzene rings is 1. The van der Waals surface area contributed by atoms with Crippen LogP contribution in [0.5, 0.6) is 0 Å². The van der Waals surface area contributed by atoms with Crippen molar-refractivity contribution in [3.05, 3.63) is 41.0 Å². The maximum atomic E-state index is 13.8. The molecule has 0 aliphatic heterocycles. The number of carbonyl (C=O) groups excluding carboxylic acids is 2. The van der Waals surface area contributed by atoms with E-state index in [4.69, 9.17) is 4.74 Å². The lowest BCUT2D eigenvalue weighted by molar-refractivity contribution is -0.116. The molecule has 0 bridgehead atoms. The minimum absolute atomic E-state index is 0.180. The second kappa shape index (κ2) is 9.94. The maximum absolute atomic E-state index is 13.8. The van der Waals surface area contributed by atoms with Gasteiger partial charge in [-0.2, -0.15) is 5.10 Å². The van der Waals surface area contributed by atoms with Crippen molar-refractivity contribution in [1.29, 1.82) is 0 Å². The summed E-state index contributed by atoms with van der Waals surface area (Å²) < 4.78 is 21.0. The van der Waals surface area contributed by atoms with E-state index in [1.165, 1.54) is 18.2 Å². The molecular formula is C23H33FN4O3. The van der Waals surface area contributed by atoms with Crippen molar-refractivity contribution in [1.82, 2.24) is 9.78 Å². The van der Waals surface area contributed by atoms with Crippen LogP contribution in [0.3, 0.4) is 0 Å². The average molecular weight is 433 g/mol. The van der Waals surface area contributed by atoms with Crippen LogP contribution in [-0.2, 0) is 22.5 Å². The van der Waals surface area contributed by atoms with Gasteiger partial charge in [0.2, 0.25) is 5.91 Å². The van der Waals surface area contributed by atoms with Crippen molar-refractivity contribution in [2.24, 2.45) is 5.92 Å². The molecule has 31 heavy (non-hydrogen) atoms. The Labute approximate surface area is 183 Å². The highest BCUT2D eigenvalue weighted by atomic mass is 19.1. The van der Waals surface area contributed by atoms with Crippen molar-refractivity contribution >= 4 is 23.4 Å². The predicted octanol–water partition coefficient (Wildman–Crippen LogP) is 5.21. The van der Waals surface area contributed by atoms with E-state index >= 15 is 0 Å². The molecule has 1 heterocycles. The molecule has 2 N–H and O–H groups in total. The lowest BCUT2D eigenvalue weighted by Gasteiger charge is -2.20. The van der Waals surface area contributed by atoms with E-state index < -0.39 is 17.5 Å². The molecule has 0 radical (unpaired) electrons. The van der Waals surface area contributed by atoms with Gasteiger partial charge in [0, 0.05) is 18.7 Å². The summed E-state index contributed by atoms with van der Waals surface area (Å²) in [5.41, 5.74) is 2.77. The number of rotatable bonds is 7. The predicted molar refractivity (Wildman–Crippen MR) is 120 cm³/mol. The fourth-order valence-electron chi connectivity index (χ4n) is 3.21. The van der Waals surface area contributed by atoms with Crippen LogP contribution in [0, 0.1) is 25.6 Å². The van der Waals surface area contributed by atoms with Crippen LogP contribution in [0.2, 0.25) is 0 Å². The Morgan fingerprint density at radius 1 is 1.16 bits per heavy atom. The first-order valence-corrected chi connectivity index (χ1v) is 10.5. The van der Waals surface area contributed by atoms with E-state index in [1.807, 2.05) is 18.5 Å². The first kappa shape index (κ1) is 24.4. The second-order valence-corrected chi connectivity index (χ2v) is 9.09. The summed E-state index contributed by atoms with van der Waals surface area (Å²) in [7, 11) is 0. The molecule has 0 saturated heterocycles. The van der Waals surface area contributed by atoms with Crippen molar-refractivity contribution < 1.29 is 18.7 Å². The van der Waals surface area contributed by atoms with Crippen molar-refractivity contribution in [2.75, 3.05) is 10.6 Å². The first-order chi connectivity index (χ1) is 14.4. The lowest BCUT2D eigenvalue weighted by atomic mass is 10.1. The lowest BCUT2D eigenvalue weighted by Crippen LogP contribution is -2.27. The fraction of sp³-hybridized carbons (Fsp3) is 0.522. The number of carbonyl (C=O) groups is 2. The third-order valence-corrected chi connectivity index (χ3v) is 4.56. The number of hydrogen-bond donors (Lipinski definition) is 2. The molecule has 2 rings (SSSR count). The largest absolute Gasteiger partial charge is 0.444 e.